The quantitative estimate of drug-likeness (QED) is 0.658. The molecule has 0 fully saturated rings. The average molecular weight is 268 g/mol. The first-order valence-electron chi connectivity index (χ1n) is 4.64. The van der Waals surface area contributed by atoms with E-state index < -0.39 is 15.9 Å². The number of nitrogens with zero attached hydrogens (tertiary/aromatic N) is 3. The largest absolute Gasteiger partial charge is 0.319 e. The van der Waals surface area contributed by atoms with Crippen molar-refractivity contribution < 1.29 is 13.2 Å². The number of carbonyl (C=O) groups is 1. The zero-order chi connectivity index (χ0) is 13.2. The Morgan fingerprint density at radius 3 is 2.44 bits per heavy atom. The lowest BCUT2D eigenvalue weighted by atomic mass is 10.3. The van der Waals surface area contributed by atoms with Gasteiger partial charge >= 0.3 is 0 Å². The van der Waals surface area contributed by atoms with E-state index in [9.17, 15) is 13.2 Å². The van der Waals surface area contributed by atoms with Crippen LogP contribution in [-0.4, -0.2) is 34.9 Å². The second-order valence-corrected chi connectivity index (χ2v) is 4.82. The van der Waals surface area contributed by atoms with Gasteiger partial charge in [0.25, 0.3) is 11.7 Å². The molecule has 1 aromatic carbocycles. The fourth-order valence-electron chi connectivity index (χ4n) is 1.17. The van der Waals surface area contributed by atoms with Crippen molar-refractivity contribution in [2.24, 2.45) is 5.14 Å². The number of nitrogens with one attached hydrogen (secondary N) is 2. The van der Waals surface area contributed by atoms with E-state index in [0.29, 0.717) is 5.69 Å². The molecule has 0 aliphatic rings. The minimum absolute atomic E-state index is 0.0416. The SMILES string of the molecule is NS(=O)(=O)c1ccc(NC(=O)c2nn[nH]n2)cc1. The summed E-state index contributed by atoms with van der Waals surface area (Å²) < 4.78 is 22.0. The van der Waals surface area contributed by atoms with Crippen LogP contribution < -0.4 is 10.5 Å². The van der Waals surface area contributed by atoms with E-state index in [0.717, 1.165) is 0 Å². The summed E-state index contributed by atoms with van der Waals surface area (Å²) in [7, 11) is -3.74. The van der Waals surface area contributed by atoms with E-state index in [2.05, 4.69) is 25.9 Å². The van der Waals surface area contributed by atoms with E-state index in [4.69, 9.17) is 5.14 Å². The third-order valence-corrected chi connectivity index (χ3v) is 2.92. The number of sulfonamides is 1. The first kappa shape index (κ1) is 12.1. The van der Waals surface area contributed by atoms with Gasteiger partial charge in [0.05, 0.1) is 4.90 Å². The van der Waals surface area contributed by atoms with E-state index >= 15 is 0 Å². The average Bonchev–Trinajstić information content (AvgIpc) is 2.82. The summed E-state index contributed by atoms with van der Waals surface area (Å²) >= 11 is 0. The Morgan fingerprint density at radius 1 is 1.28 bits per heavy atom. The van der Waals surface area contributed by atoms with E-state index in [1.807, 2.05) is 0 Å². The molecule has 10 heteroatoms. The topological polar surface area (TPSA) is 144 Å². The number of H-pyrrole nitrogens is 1. The molecule has 0 aliphatic heterocycles. The minimum atomic E-state index is -3.74. The van der Waals surface area contributed by atoms with Crippen molar-refractivity contribution in [1.29, 1.82) is 0 Å². The number of benzene rings is 1. The van der Waals surface area contributed by atoms with Gasteiger partial charge in [-0.1, -0.05) is 0 Å². The van der Waals surface area contributed by atoms with Crippen LogP contribution in [0.5, 0.6) is 0 Å². The predicted molar refractivity (Wildman–Crippen MR) is 59.9 cm³/mol. The van der Waals surface area contributed by atoms with Gasteiger partial charge < -0.3 is 5.32 Å². The van der Waals surface area contributed by atoms with Crippen molar-refractivity contribution in [2.75, 3.05) is 5.32 Å². The van der Waals surface area contributed by atoms with Crippen LogP contribution in [0.2, 0.25) is 0 Å². The minimum Gasteiger partial charge on any atom is -0.319 e. The van der Waals surface area contributed by atoms with E-state index in [1.165, 1.54) is 24.3 Å². The zero-order valence-corrected chi connectivity index (χ0v) is 9.68. The fraction of sp³-hybridized carbons (Fsp3) is 0. The van der Waals surface area contributed by atoms with E-state index in [-0.39, 0.29) is 10.7 Å². The summed E-state index contributed by atoms with van der Waals surface area (Å²) in [5.41, 5.74) is 0.386. The van der Waals surface area contributed by atoms with Crippen molar-refractivity contribution in [3.8, 4) is 0 Å². The highest BCUT2D eigenvalue weighted by Crippen LogP contribution is 2.12. The van der Waals surface area contributed by atoms with Gasteiger partial charge in [0.1, 0.15) is 0 Å². The van der Waals surface area contributed by atoms with Crippen LogP contribution in [0.25, 0.3) is 0 Å². The molecule has 4 N–H and O–H groups in total. The lowest BCUT2D eigenvalue weighted by molar-refractivity contribution is 0.101. The Balaban J connectivity index is 2.14. The number of tetrazole rings is 1. The Labute approximate surface area is 101 Å². The lowest BCUT2D eigenvalue weighted by Crippen LogP contribution is -2.15. The summed E-state index contributed by atoms with van der Waals surface area (Å²) in [4.78, 5) is 11.5. The molecule has 0 unspecified atom stereocenters. The van der Waals surface area contributed by atoms with Crippen LogP contribution in [0, 0.1) is 0 Å². The summed E-state index contributed by atoms with van der Waals surface area (Å²) in [5.74, 6) is -0.683. The lowest BCUT2D eigenvalue weighted by Gasteiger charge is -2.03. The molecule has 0 saturated heterocycles. The molecule has 0 bridgehead atoms. The maximum atomic E-state index is 11.5. The van der Waals surface area contributed by atoms with Gasteiger partial charge in [-0.15, -0.1) is 10.2 Å². The van der Waals surface area contributed by atoms with Crippen LogP contribution >= 0.6 is 0 Å². The number of nitrogens with two attached hydrogens (primary N) is 1. The van der Waals surface area contributed by atoms with Crippen LogP contribution in [0.15, 0.2) is 29.2 Å². The molecule has 0 spiro atoms. The maximum absolute atomic E-state index is 11.5. The second-order valence-electron chi connectivity index (χ2n) is 3.26. The molecule has 1 heterocycles. The van der Waals surface area contributed by atoms with Gasteiger partial charge in [-0.25, -0.2) is 13.6 Å². The number of primary sulfonamides is 1. The monoisotopic (exact) mass is 268 g/mol. The van der Waals surface area contributed by atoms with Gasteiger partial charge in [0.2, 0.25) is 10.0 Å². The molecule has 2 rings (SSSR count). The number of hydrogen-bond acceptors (Lipinski definition) is 6. The molecule has 0 atom stereocenters. The highest BCUT2D eigenvalue weighted by molar-refractivity contribution is 7.89. The Hall–Kier alpha value is -2.33. The standard InChI is InChI=1S/C8H8N6O3S/c9-18(16,17)6-3-1-5(2-4-6)10-8(15)7-11-13-14-12-7/h1-4H,(H,10,15)(H2,9,16,17)(H,11,12,13,14). The fourth-order valence-corrected chi connectivity index (χ4v) is 1.69. The molecule has 94 valence electrons. The Bertz CT molecular complexity index is 649. The molecular formula is C8H8N6O3S. The van der Waals surface area contributed by atoms with Crippen molar-refractivity contribution in [2.45, 2.75) is 4.90 Å². The number of amides is 1. The highest BCUT2D eigenvalue weighted by Gasteiger charge is 2.12. The smallest absolute Gasteiger partial charge is 0.297 e. The summed E-state index contributed by atoms with van der Waals surface area (Å²) in [6, 6.07) is 5.36. The molecule has 2 aromatic rings. The normalized spacial score (nSPS) is 11.2. The van der Waals surface area contributed by atoms with Crippen molar-refractivity contribution in [3.63, 3.8) is 0 Å². The number of aromatic amines is 1. The third kappa shape index (κ3) is 2.67. The van der Waals surface area contributed by atoms with Gasteiger partial charge in [-0.2, -0.15) is 5.21 Å². The van der Waals surface area contributed by atoms with Crippen LogP contribution in [0.4, 0.5) is 5.69 Å². The first-order valence-corrected chi connectivity index (χ1v) is 6.19. The first-order chi connectivity index (χ1) is 8.47. The Morgan fingerprint density at radius 2 is 1.94 bits per heavy atom. The van der Waals surface area contributed by atoms with E-state index in [1.54, 1.807) is 0 Å². The molecule has 18 heavy (non-hydrogen) atoms. The third-order valence-electron chi connectivity index (χ3n) is 1.99. The van der Waals surface area contributed by atoms with Crippen molar-refractivity contribution in [3.05, 3.63) is 30.1 Å². The molecule has 9 nitrogen and oxygen atoms in total. The van der Waals surface area contributed by atoms with Gasteiger partial charge in [-0.05, 0) is 29.5 Å². The van der Waals surface area contributed by atoms with Crippen molar-refractivity contribution >= 4 is 21.6 Å². The van der Waals surface area contributed by atoms with Crippen LogP contribution in [0.3, 0.4) is 0 Å². The summed E-state index contributed by atoms with van der Waals surface area (Å²) in [6.07, 6.45) is 0. The maximum Gasteiger partial charge on any atom is 0.297 e. The molecule has 0 radical (unpaired) electrons. The number of anilines is 1. The second kappa shape index (κ2) is 4.50. The van der Waals surface area contributed by atoms with Gasteiger partial charge in [0.15, 0.2) is 0 Å². The zero-order valence-electron chi connectivity index (χ0n) is 8.86. The van der Waals surface area contributed by atoms with Crippen molar-refractivity contribution in [1.82, 2.24) is 20.6 Å². The number of aromatic nitrogens is 4. The molecule has 1 aromatic heterocycles. The summed E-state index contributed by atoms with van der Waals surface area (Å²) in [6.45, 7) is 0. The molecule has 1 amide bonds. The highest BCUT2D eigenvalue weighted by atomic mass is 32.2. The number of rotatable bonds is 3. The van der Waals surface area contributed by atoms with Crippen LogP contribution in [-0.2, 0) is 10.0 Å². The molecule has 0 saturated carbocycles. The number of hydrogen-bond donors (Lipinski definition) is 3. The predicted octanol–water partition coefficient (Wildman–Crippen LogP) is -0.901. The molecule has 0 aliphatic carbocycles. The van der Waals surface area contributed by atoms with Gasteiger partial charge in [0, 0.05) is 5.69 Å². The Kier molecular flexibility index (Phi) is 3.04. The van der Waals surface area contributed by atoms with Gasteiger partial charge in [-0.3, -0.25) is 4.79 Å². The number of carbonyl (C=O) groups excluding carboxylic acids is 1. The summed E-state index contributed by atoms with van der Waals surface area (Å²) in [5, 5.41) is 19.8. The molecular weight excluding hydrogens is 260 g/mol. The van der Waals surface area contributed by atoms with Crippen LogP contribution in [0.1, 0.15) is 10.6 Å².